The monoisotopic (exact) mass is 570 g/mol. The second-order valence-electron chi connectivity index (χ2n) is 10.7. The Morgan fingerprint density at radius 2 is 1.76 bits per heavy atom. The van der Waals surface area contributed by atoms with Gasteiger partial charge < -0.3 is 35.1 Å². The van der Waals surface area contributed by atoms with Crippen LogP contribution >= 0.6 is 0 Å². The van der Waals surface area contributed by atoms with E-state index >= 15 is 4.39 Å². The Hall–Kier alpha value is -4.64. The number of benzene rings is 2. The number of anilines is 5. The molecule has 0 spiro atoms. The highest BCUT2D eigenvalue weighted by molar-refractivity contribution is 5.99. The fourth-order valence-electron chi connectivity index (χ4n) is 5.46. The summed E-state index contributed by atoms with van der Waals surface area (Å²) in [5, 5.41) is 6.68. The maximum atomic E-state index is 15.2. The molecule has 42 heavy (non-hydrogen) atoms. The van der Waals surface area contributed by atoms with Crippen molar-refractivity contribution in [3.63, 3.8) is 0 Å². The zero-order valence-electron chi connectivity index (χ0n) is 23.7. The summed E-state index contributed by atoms with van der Waals surface area (Å²) in [4.78, 5) is 31.2. The van der Waals surface area contributed by atoms with E-state index in [9.17, 15) is 4.79 Å². The second-order valence-corrected chi connectivity index (χ2v) is 10.7. The molecule has 0 unspecified atom stereocenters. The molecule has 218 valence electrons. The molecule has 2 aromatic heterocycles. The van der Waals surface area contributed by atoms with Gasteiger partial charge >= 0.3 is 0 Å². The number of carbonyl (C=O) groups excluding carboxylic acids is 1. The van der Waals surface area contributed by atoms with E-state index in [0.29, 0.717) is 34.3 Å². The van der Waals surface area contributed by atoms with Crippen LogP contribution in [0.1, 0.15) is 19.3 Å². The highest BCUT2D eigenvalue weighted by atomic mass is 19.1. The molecular formula is C31H35FN8O2. The van der Waals surface area contributed by atoms with Crippen LogP contribution in [-0.2, 0) is 4.79 Å². The van der Waals surface area contributed by atoms with Gasteiger partial charge in [-0.1, -0.05) is 12.6 Å². The molecule has 2 fully saturated rings. The number of hydrogen-bond acceptors (Lipinski definition) is 8. The summed E-state index contributed by atoms with van der Waals surface area (Å²) in [5.41, 5.74) is 3.28. The Balaban J connectivity index is 1.32. The largest absolute Gasteiger partial charge is 0.438 e. The molecule has 2 aliphatic rings. The third-order valence-electron chi connectivity index (χ3n) is 7.72. The number of ether oxygens (including phenoxy) is 1. The number of hydrogen-bond donors (Lipinski definition) is 3. The topological polar surface area (TPSA) is 102 Å². The van der Waals surface area contributed by atoms with E-state index < -0.39 is 0 Å². The van der Waals surface area contributed by atoms with Gasteiger partial charge in [0, 0.05) is 62.9 Å². The number of fused-ring (bicyclic) bond motifs is 1. The van der Waals surface area contributed by atoms with Crippen LogP contribution in [0.25, 0.3) is 11.0 Å². The number of carbonyl (C=O) groups is 1. The fraction of sp³-hybridized carbons (Fsp3) is 0.323. The van der Waals surface area contributed by atoms with Crippen LogP contribution in [0.3, 0.4) is 0 Å². The van der Waals surface area contributed by atoms with Gasteiger partial charge in [-0.25, -0.2) is 4.39 Å². The van der Waals surface area contributed by atoms with Crippen LogP contribution in [0.5, 0.6) is 11.6 Å². The van der Waals surface area contributed by atoms with Gasteiger partial charge in [0.15, 0.2) is 0 Å². The molecule has 10 nitrogen and oxygen atoms in total. The molecule has 2 saturated heterocycles. The first kappa shape index (κ1) is 27.5. The van der Waals surface area contributed by atoms with E-state index in [4.69, 9.17) is 14.7 Å². The molecule has 4 aromatic rings. The van der Waals surface area contributed by atoms with Crippen molar-refractivity contribution in [2.75, 3.05) is 66.7 Å². The smallest absolute Gasteiger partial charge is 0.247 e. The van der Waals surface area contributed by atoms with Crippen molar-refractivity contribution < 1.29 is 13.9 Å². The Kier molecular flexibility index (Phi) is 7.91. The quantitative estimate of drug-likeness (QED) is 0.239. The zero-order chi connectivity index (χ0) is 29.1. The third-order valence-corrected chi connectivity index (χ3v) is 7.72. The third kappa shape index (κ3) is 6.01. The van der Waals surface area contributed by atoms with Crippen LogP contribution in [0.2, 0.25) is 0 Å². The Bertz CT molecular complexity index is 1590. The van der Waals surface area contributed by atoms with Gasteiger partial charge in [0.2, 0.25) is 17.7 Å². The normalized spacial score (nSPS) is 16.0. The maximum absolute atomic E-state index is 15.2. The molecule has 0 aliphatic carbocycles. The lowest BCUT2D eigenvalue weighted by Gasteiger charge is -2.34. The molecular weight excluding hydrogens is 535 g/mol. The van der Waals surface area contributed by atoms with Gasteiger partial charge in [-0.05, 0) is 62.7 Å². The predicted molar refractivity (Wildman–Crippen MR) is 165 cm³/mol. The molecule has 3 N–H and O–H groups in total. The van der Waals surface area contributed by atoms with Crippen molar-refractivity contribution in [3.8, 4) is 11.6 Å². The number of piperazine rings is 1. The average Bonchev–Trinajstić information content (AvgIpc) is 3.43. The standard InChI is InChI=1S/C31H35FN8O2/c1-3-27(41)34-21-8-7-9-23(18-21)42-30-28-26(39-12-5-4-6-13-39)20-33-29(28)36-31(37-30)35-22-10-11-25(24(32)19-22)40-16-14-38(2)15-17-40/h3,7-11,18-20H,1,4-6,12-17H2,2H3,(H,34,41)(H2,33,35,36,37). The summed E-state index contributed by atoms with van der Waals surface area (Å²) >= 11 is 0. The average molecular weight is 571 g/mol. The molecule has 2 aliphatic heterocycles. The van der Waals surface area contributed by atoms with Gasteiger partial charge in [0.1, 0.15) is 22.6 Å². The highest BCUT2D eigenvalue weighted by Gasteiger charge is 2.22. The zero-order valence-corrected chi connectivity index (χ0v) is 23.7. The lowest BCUT2D eigenvalue weighted by atomic mass is 10.1. The number of H-pyrrole nitrogens is 1. The molecule has 0 bridgehead atoms. The van der Waals surface area contributed by atoms with Crippen LogP contribution in [0, 0.1) is 5.82 Å². The summed E-state index contributed by atoms with van der Waals surface area (Å²) in [6.45, 7) is 8.75. The fourth-order valence-corrected chi connectivity index (χ4v) is 5.46. The number of amides is 1. The number of likely N-dealkylation sites (N-methyl/N-ethyl adjacent to an activating group) is 1. The Morgan fingerprint density at radius 3 is 2.52 bits per heavy atom. The molecule has 2 aromatic carbocycles. The lowest BCUT2D eigenvalue weighted by Crippen LogP contribution is -2.44. The van der Waals surface area contributed by atoms with E-state index in [1.54, 1.807) is 30.3 Å². The summed E-state index contributed by atoms with van der Waals surface area (Å²) in [5.74, 6) is 0.509. The van der Waals surface area contributed by atoms with E-state index in [1.165, 1.54) is 18.6 Å². The van der Waals surface area contributed by atoms with E-state index in [1.807, 2.05) is 12.3 Å². The highest BCUT2D eigenvalue weighted by Crippen LogP contribution is 2.38. The number of piperidine rings is 1. The van der Waals surface area contributed by atoms with Gasteiger partial charge in [-0.15, -0.1) is 0 Å². The molecule has 1 amide bonds. The number of nitrogens with zero attached hydrogens (tertiary/aromatic N) is 5. The number of rotatable bonds is 8. The van der Waals surface area contributed by atoms with Crippen LogP contribution in [0.15, 0.2) is 61.3 Å². The van der Waals surface area contributed by atoms with Crippen molar-refractivity contribution >= 4 is 45.6 Å². The first-order valence-corrected chi connectivity index (χ1v) is 14.3. The molecule has 0 atom stereocenters. The summed E-state index contributed by atoms with van der Waals surface area (Å²) in [7, 11) is 2.08. The van der Waals surface area contributed by atoms with Gasteiger partial charge in [0.25, 0.3) is 0 Å². The number of aromatic amines is 1. The van der Waals surface area contributed by atoms with Crippen molar-refractivity contribution in [1.29, 1.82) is 0 Å². The Morgan fingerprint density at radius 1 is 0.976 bits per heavy atom. The van der Waals surface area contributed by atoms with E-state index in [2.05, 4.69) is 43.9 Å². The van der Waals surface area contributed by atoms with Gasteiger partial charge in [-0.3, -0.25) is 4.79 Å². The first-order chi connectivity index (χ1) is 20.5. The van der Waals surface area contributed by atoms with E-state index in [0.717, 1.165) is 63.2 Å². The van der Waals surface area contributed by atoms with Crippen LogP contribution in [0.4, 0.5) is 33.1 Å². The summed E-state index contributed by atoms with van der Waals surface area (Å²) < 4.78 is 21.6. The number of halogens is 1. The summed E-state index contributed by atoms with van der Waals surface area (Å²) in [6.07, 6.45) is 6.59. The SMILES string of the molecule is C=CC(=O)Nc1cccc(Oc2nc(Nc3ccc(N4CCN(C)CC4)c(F)c3)nc3[nH]cc(N4CCCCC4)c23)c1. The minimum atomic E-state index is -0.313. The number of nitrogens with one attached hydrogen (secondary N) is 3. The van der Waals surface area contributed by atoms with Crippen molar-refractivity contribution in [2.24, 2.45) is 0 Å². The van der Waals surface area contributed by atoms with Crippen molar-refractivity contribution in [2.45, 2.75) is 19.3 Å². The number of aromatic nitrogens is 3. The molecule has 0 radical (unpaired) electrons. The minimum Gasteiger partial charge on any atom is -0.438 e. The molecule has 4 heterocycles. The predicted octanol–water partition coefficient (Wildman–Crippen LogP) is 5.50. The van der Waals surface area contributed by atoms with Crippen molar-refractivity contribution in [3.05, 3.63) is 67.1 Å². The molecule has 6 rings (SSSR count). The van der Waals surface area contributed by atoms with Gasteiger partial charge in [-0.2, -0.15) is 9.97 Å². The van der Waals surface area contributed by atoms with E-state index in [-0.39, 0.29) is 17.7 Å². The van der Waals surface area contributed by atoms with Crippen LogP contribution < -0.4 is 25.2 Å². The van der Waals surface area contributed by atoms with Crippen LogP contribution in [-0.4, -0.2) is 72.1 Å². The minimum absolute atomic E-state index is 0.271. The van der Waals surface area contributed by atoms with Crippen molar-refractivity contribution in [1.82, 2.24) is 19.9 Å². The first-order valence-electron chi connectivity index (χ1n) is 14.3. The molecule has 0 saturated carbocycles. The molecule has 11 heteroatoms. The second kappa shape index (κ2) is 12.1. The maximum Gasteiger partial charge on any atom is 0.247 e. The lowest BCUT2D eigenvalue weighted by molar-refractivity contribution is -0.111. The summed E-state index contributed by atoms with van der Waals surface area (Å²) in [6, 6.07) is 12.2. The Labute approximate surface area is 244 Å². The van der Waals surface area contributed by atoms with Gasteiger partial charge in [0.05, 0.1) is 11.4 Å².